The number of nitrogens with zero attached hydrogens (tertiary/aromatic N) is 2. The van der Waals surface area contributed by atoms with Crippen LogP contribution in [0.1, 0.15) is 32.5 Å². The standard InChI is InChI=1S/C18H24N2O4/c1-13(2)24-18(22)11-14(21)12-23-10-6-9-17-19-15-7-4-5-8-16(15)20(17)3/h4-5,7-8,13H,6,9-12H2,1-3H3. The third-order valence-electron chi connectivity index (χ3n) is 3.54. The zero-order chi connectivity index (χ0) is 17.5. The van der Waals surface area contributed by atoms with Crippen LogP contribution < -0.4 is 0 Å². The van der Waals surface area contributed by atoms with Crippen molar-refractivity contribution in [3.05, 3.63) is 30.1 Å². The quantitative estimate of drug-likeness (QED) is 0.401. The monoisotopic (exact) mass is 332 g/mol. The number of carbonyl (C=O) groups excluding carboxylic acids is 2. The van der Waals surface area contributed by atoms with Crippen molar-refractivity contribution in [3.8, 4) is 0 Å². The summed E-state index contributed by atoms with van der Waals surface area (Å²) in [6.07, 6.45) is 1.10. The lowest BCUT2D eigenvalue weighted by Gasteiger charge is -2.07. The first-order chi connectivity index (χ1) is 11.5. The van der Waals surface area contributed by atoms with E-state index in [1.54, 1.807) is 13.8 Å². The van der Waals surface area contributed by atoms with E-state index in [9.17, 15) is 9.59 Å². The minimum Gasteiger partial charge on any atom is -0.463 e. The van der Waals surface area contributed by atoms with Crippen LogP contribution in [-0.2, 0) is 32.5 Å². The highest BCUT2D eigenvalue weighted by atomic mass is 16.5. The SMILES string of the molecule is CC(C)OC(=O)CC(=O)COCCCc1nc2ccccc2n1C. The molecule has 0 amide bonds. The van der Waals surface area contributed by atoms with Crippen molar-refractivity contribution in [1.29, 1.82) is 0 Å². The zero-order valence-electron chi connectivity index (χ0n) is 14.4. The number of imidazole rings is 1. The number of aryl methyl sites for hydroxylation is 2. The fourth-order valence-electron chi connectivity index (χ4n) is 2.45. The summed E-state index contributed by atoms with van der Waals surface area (Å²) in [4.78, 5) is 27.5. The van der Waals surface area contributed by atoms with Gasteiger partial charge in [0.1, 0.15) is 18.9 Å². The molecule has 6 nitrogen and oxygen atoms in total. The molecule has 1 heterocycles. The summed E-state index contributed by atoms with van der Waals surface area (Å²) in [6, 6.07) is 7.99. The van der Waals surface area contributed by atoms with E-state index in [1.807, 2.05) is 31.3 Å². The Morgan fingerprint density at radius 2 is 2.00 bits per heavy atom. The molecule has 2 aromatic rings. The van der Waals surface area contributed by atoms with Gasteiger partial charge in [-0.3, -0.25) is 9.59 Å². The van der Waals surface area contributed by atoms with E-state index in [-0.39, 0.29) is 24.9 Å². The van der Waals surface area contributed by atoms with Gasteiger partial charge in [-0.25, -0.2) is 4.98 Å². The molecule has 0 unspecified atom stereocenters. The highest BCUT2D eigenvalue weighted by Gasteiger charge is 2.12. The number of para-hydroxylation sites is 2. The normalized spacial score (nSPS) is 11.2. The molecule has 0 saturated carbocycles. The number of ether oxygens (including phenoxy) is 2. The molecule has 1 aromatic heterocycles. The Morgan fingerprint density at radius 1 is 1.25 bits per heavy atom. The fourth-order valence-corrected chi connectivity index (χ4v) is 2.45. The van der Waals surface area contributed by atoms with Crippen LogP contribution in [0.3, 0.4) is 0 Å². The van der Waals surface area contributed by atoms with Gasteiger partial charge in [0, 0.05) is 20.1 Å². The van der Waals surface area contributed by atoms with Crippen LogP contribution in [0.4, 0.5) is 0 Å². The number of esters is 1. The number of hydrogen-bond acceptors (Lipinski definition) is 5. The molecule has 0 radical (unpaired) electrons. The van der Waals surface area contributed by atoms with Crippen molar-refractivity contribution in [2.24, 2.45) is 7.05 Å². The Bertz CT molecular complexity index is 706. The first-order valence-electron chi connectivity index (χ1n) is 8.16. The van der Waals surface area contributed by atoms with Gasteiger partial charge in [-0.15, -0.1) is 0 Å². The lowest BCUT2D eigenvalue weighted by molar-refractivity contribution is -0.150. The van der Waals surface area contributed by atoms with E-state index in [1.165, 1.54) is 0 Å². The third kappa shape index (κ3) is 5.16. The molecule has 24 heavy (non-hydrogen) atoms. The molecule has 0 aliphatic heterocycles. The summed E-state index contributed by atoms with van der Waals surface area (Å²) >= 11 is 0. The topological polar surface area (TPSA) is 70.4 Å². The molecule has 0 bridgehead atoms. The van der Waals surface area contributed by atoms with Crippen molar-refractivity contribution >= 4 is 22.8 Å². The van der Waals surface area contributed by atoms with E-state index in [4.69, 9.17) is 9.47 Å². The minimum atomic E-state index is -0.502. The third-order valence-corrected chi connectivity index (χ3v) is 3.54. The van der Waals surface area contributed by atoms with Gasteiger partial charge in [0.15, 0.2) is 5.78 Å². The van der Waals surface area contributed by atoms with Crippen molar-refractivity contribution < 1.29 is 19.1 Å². The Hall–Kier alpha value is -2.21. The van der Waals surface area contributed by atoms with Gasteiger partial charge < -0.3 is 14.0 Å². The van der Waals surface area contributed by atoms with E-state index in [0.717, 1.165) is 29.7 Å². The predicted molar refractivity (Wildman–Crippen MR) is 90.7 cm³/mol. The maximum absolute atomic E-state index is 11.6. The van der Waals surface area contributed by atoms with Gasteiger partial charge in [-0.05, 0) is 32.4 Å². The van der Waals surface area contributed by atoms with Crippen molar-refractivity contribution in [2.45, 2.75) is 39.2 Å². The molecule has 0 spiro atoms. The molecular weight excluding hydrogens is 308 g/mol. The fraction of sp³-hybridized carbons (Fsp3) is 0.500. The lowest BCUT2D eigenvalue weighted by atomic mass is 10.3. The molecule has 0 saturated heterocycles. The smallest absolute Gasteiger partial charge is 0.313 e. The number of fused-ring (bicyclic) bond motifs is 1. The lowest BCUT2D eigenvalue weighted by Crippen LogP contribution is -2.19. The Morgan fingerprint density at radius 3 is 2.71 bits per heavy atom. The van der Waals surface area contributed by atoms with E-state index in [2.05, 4.69) is 9.55 Å². The summed E-state index contributed by atoms with van der Waals surface area (Å²) in [5.74, 6) is 0.230. The highest BCUT2D eigenvalue weighted by Crippen LogP contribution is 2.15. The average molecular weight is 332 g/mol. The summed E-state index contributed by atoms with van der Waals surface area (Å²) in [5, 5.41) is 0. The van der Waals surface area contributed by atoms with Crippen LogP contribution in [0.2, 0.25) is 0 Å². The molecule has 0 aliphatic rings. The molecule has 0 atom stereocenters. The van der Waals surface area contributed by atoms with Gasteiger partial charge in [0.25, 0.3) is 0 Å². The van der Waals surface area contributed by atoms with E-state index in [0.29, 0.717) is 6.61 Å². The van der Waals surface area contributed by atoms with Crippen LogP contribution in [0.15, 0.2) is 24.3 Å². The van der Waals surface area contributed by atoms with Gasteiger partial charge >= 0.3 is 5.97 Å². The summed E-state index contributed by atoms with van der Waals surface area (Å²) in [5.41, 5.74) is 2.09. The molecule has 1 aromatic carbocycles. The maximum Gasteiger partial charge on any atom is 0.313 e. The maximum atomic E-state index is 11.6. The average Bonchev–Trinajstić information content (AvgIpc) is 2.83. The molecule has 0 N–H and O–H groups in total. The number of rotatable bonds is 9. The molecule has 0 fully saturated rings. The Balaban J connectivity index is 1.68. The summed E-state index contributed by atoms with van der Waals surface area (Å²) in [6.45, 7) is 3.89. The second-order valence-corrected chi connectivity index (χ2v) is 5.99. The summed E-state index contributed by atoms with van der Waals surface area (Å²) in [7, 11) is 2.00. The first-order valence-corrected chi connectivity index (χ1v) is 8.16. The molecular formula is C18H24N2O4. The van der Waals surface area contributed by atoms with Crippen LogP contribution in [0.25, 0.3) is 11.0 Å². The van der Waals surface area contributed by atoms with Crippen molar-refractivity contribution in [2.75, 3.05) is 13.2 Å². The second kappa shape index (κ2) is 8.59. The zero-order valence-corrected chi connectivity index (χ0v) is 14.4. The van der Waals surface area contributed by atoms with Gasteiger partial charge in [0.2, 0.25) is 0 Å². The largest absolute Gasteiger partial charge is 0.463 e. The number of Topliss-reactive ketones (excluding diaryl/α,β-unsaturated/α-hetero) is 1. The van der Waals surface area contributed by atoms with Crippen molar-refractivity contribution in [3.63, 3.8) is 0 Å². The van der Waals surface area contributed by atoms with E-state index >= 15 is 0 Å². The minimum absolute atomic E-state index is 0.0598. The van der Waals surface area contributed by atoms with Gasteiger partial charge in [-0.1, -0.05) is 12.1 Å². The molecule has 6 heteroatoms. The van der Waals surface area contributed by atoms with Gasteiger partial charge in [-0.2, -0.15) is 0 Å². The van der Waals surface area contributed by atoms with Gasteiger partial charge in [0.05, 0.1) is 17.1 Å². The van der Waals surface area contributed by atoms with Crippen LogP contribution in [-0.4, -0.2) is 40.6 Å². The number of benzene rings is 1. The Labute approximate surface area is 141 Å². The number of carbonyl (C=O) groups is 2. The molecule has 0 aliphatic carbocycles. The summed E-state index contributed by atoms with van der Waals surface area (Å²) < 4.78 is 12.3. The van der Waals surface area contributed by atoms with Crippen molar-refractivity contribution in [1.82, 2.24) is 9.55 Å². The first kappa shape index (κ1) is 18.1. The van der Waals surface area contributed by atoms with Crippen LogP contribution in [0.5, 0.6) is 0 Å². The second-order valence-electron chi connectivity index (χ2n) is 5.99. The number of ketones is 1. The van der Waals surface area contributed by atoms with Crippen LogP contribution in [0, 0.1) is 0 Å². The number of aromatic nitrogens is 2. The molecule has 130 valence electrons. The van der Waals surface area contributed by atoms with E-state index < -0.39 is 5.97 Å². The highest BCUT2D eigenvalue weighted by molar-refractivity contribution is 5.96. The Kier molecular flexibility index (Phi) is 6.49. The van der Waals surface area contributed by atoms with Crippen LogP contribution >= 0.6 is 0 Å². The predicted octanol–water partition coefficient (Wildman–Crippen LogP) is 2.43. The number of hydrogen-bond donors (Lipinski definition) is 0. The molecule has 2 rings (SSSR count).